The van der Waals surface area contributed by atoms with Crippen molar-refractivity contribution in [1.82, 2.24) is 19.8 Å². The van der Waals surface area contributed by atoms with Crippen LogP contribution in [-0.2, 0) is 11.3 Å². The van der Waals surface area contributed by atoms with Crippen molar-refractivity contribution in [3.63, 3.8) is 0 Å². The van der Waals surface area contributed by atoms with Gasteiger partial charge in [0.2, 0.25) is 5.91 Å². The van der Waals surface area contributed by atoms with Crippen molar-refractivity contribution in [2.24, 2.45) is 0 Å². The fourth-order valence-corrected chi connectivity index (χ4v) is 3.99. The topological polar surface area (TPSA) is 67.2 Å². The van der Waals surface area contributed by atoms with E-state index >= 15 is 0 Å². The van der Waals surface area contributed by atoms with Gasteiger partial charge in [-0.25, -0.2) is 4.98 Å². The van der Waals surface area contributed by atoms with Crippen LogP contribution in [0.2, 0.25) is 0 Å². The average molecular weight is 334 g/mol. The molecule has 0 unspecified atom stereocenters. The number of fused-ring (bicyclic) bond motifs is 1. The highest BCUT2D eigenvalue weighted by atomic mass is 32.1. The van der Waals surface area contributed by atoms with Gasteiger partial charge in [0.05, 0.1) is 11.7 Å². The molecule has 1 N–H and O–H groups in total. The summed E-state index contributed by atoms with van der Waals surface area (Å²) in [6, 6.07) is 0.204. The van der Waals surface area contributed by atoms with Crippen molar-refractivity contribution in [3.8, 4) is 0 Å². The highest BCUT2D eigenvalue weighted by molar-refractivity contribution is 7.18. The lowest BCUT2D eigenvalue weighted by atomic mass is 10.2. The third kappa shape index (κ3) is 3.03. The lowest BCUT2D eigenvalue weighted by Gasteiger charge is -2.34. The summed E-state index contributed by atoms with van der Waals surface area (Å²) in [5.41, 5.74) is 0.955. The standard InChI is InChI=1S/C16H22N4O2S/c1-10-8-17-5-7-20(10)13(21)4-6-19-9-18-15-14(16(19)22)11(2)12(3)23-15/h9-10,17H,4-8H2,1-3H3/t10-/m0/s1. The molecule has 2 aromatic rings. The molecule has 1 amide bonds. The molecule has 1 atom stereocenters. The zero-order valence-corrected chi connectivity index (χ0v) is 14.6. The molecule has 124 valence electrons. The highest BCUT2D eigenvalue weighted by Crippen LogP contribution is 2.25. The largest absolute Gasteiger partial charge is 0.337 e. The number of thiophene rings is 1. The Balaban J connectivity index is 1.77. The van der Waals surface area contributed by atoms with Crippen LogP contribution in [0.1, 0.15) is 23.8 Å². The summed E-state index contributed by atoms with van der Waals surface area (Å²) in [5.74, 6) is 0.101. The zero-order valence-electron chi connectivity index (χ0n) is 13.8. The Hall–Kier alpha value is -1.73. The van der Waals surface area contributed by atoms with Gasteiger partial charge in [-0.3, -0.25) is 14.2 Å². The number of nitrogens with one attached hydrogen (secondary N) is 1. The molecule has 2 aromatic heterocycles. The van der Waals surface area contributed by atoms with Gasteiger partial charge in [0.25, 0.3) is 5.56 Å². The number of carbonyl (C=O) groups is 1. The van der Waals surface area contributed by atoms with E-state index in [4.69, 9.17) is 0 Å². The quantitative estimate of drug-likeness (QED) is 0.918. The second-order valence-electron chi connectivity index (χ2n) is 6.10. The maximum Gasteiger partial charge on any atom is 0.262 e. The van der Waals surface area contributed by atoms with Crippen molar-refractivity contribution in [2.45, 2.75) is 39.8 Å². The number of hydrogen-bond acceptors (Lipinski definition) is 5. The summed E-state index contributed by atoms with van der Waals surface area (Å²) >= 11 is 1.54. The minimum Gasteiger partial charge on any atom is -0.337 e. The first kappa shape index (κ1) is 16.1. The fraction of sp³-hybridized carbons (Fsp3) is 0.562. The average Bonchev–Trinajstić information content (AvgIpc) is 2.82. The molecule has 0 radical (unpaired) electrons. The monoisotopic (exact) mass is 334 g/mol. The summed E-state index contributed by atoms with van der Waals surface area (Å²) < 4.78 is 1.56. The van der Waals surface area contributed by atoms with E-state index in [-0.39, 0.29) is 17.5 Å². The van der Waals surface area contributed by atoms with Gasteiger partial charge in [0.1, 0.15) is 4.83 Å². The van der Waals surface area contributed by atoms with Crippen LogP contribution in [0.15, 0.2) is 11.1 Å². The summed E-state index contributed by atoms with van der Waals surface area (Å²) in [6.07, 6.45) is 1.90. The van der Waals surface area contributed by atoms with Gasteiger partial charge in [-0.2, -0.15) is 0 Å². The molecule has 1 fully saturated rings. The fourth-order valence-electron chi connectivity index (χ4n) is 3.00. The number of hydrogen-bond donors (Lipinski definition) is 1. The van der Waals surface area contributed by atoms with Gasteiger partial charge < -0.3 is 10.2 Å². The van der Waals surface area contributed by atoms with Crippen molar-refractivity contribution in [1.29, 1.82) is 0 Å². The molecular formula is C16H22N4O2S. The number of piperazine rings is 1. The number of carbonyl (C=O) groups excluding carboxylic acids is 1. The Morgan fingerprint density at radius 1 is 1.48 bits per heavy atom. The van der Waals surface area contributed by atoms with E-state index in [9.17, 15) is 9.59 Å². The molecule has 0 spiro atoms. The third-order valence-electron chi connectivity index (χ3n) is 4.54. The van der Waals surface area contributed by atoms with Gasteiger partial charge in [-0.15, -0.1) is 11.3 Å². The molecule has 0 saturated carbocycles. The highest BCUT2D eigenvalue weighted by Gasteiger charge is 2.22. The SMILES string of the molecule is Cc1sc2ncn(CCC(=O)N3CCNC[C@@H]3C)c(=O)c2c1C. The third-order valence-corrected chi connectivity index (χ3v) is 5.66. The maximum atomic E-state index is 12.6. The molecule has 1 aliphatic rings. The van der Waals surface area contributed by atoms with Crippen LogP contribution < -0.4 is 10.9 Å². The molecule has 1 aliphatic heterocycles. The van der Waals surface area contributed by atoms with E-state index in [0.717, 1.165) is 34.9 Å². The van der Waals surface area contributed by atoms with Crippen LogP contribution in [0.25, 0.3) is 10.2 Å². The van der Waals surface area contributed by atoms with E-state index in [2.05, 4.69) is 10.3 Å². The molecule has 0 bridgehead atoms. The number of amides is 1. The van der Waals surface area contributed by atoms with E-state index < -0.39 is 0 Å². The van der Waals surface area contributed by atoms with Gasteiger partial charge in [-0.05, 0) is 26.3 Å². The minimum absolute atomic E-state index is 0.0435. The predicted octanol–water partition coefficient (Wildman–Crippen LogP) is 1.29. The first-order valence-corrected chi connectivity index (χ1v) is 8.76. The Kier molecular flexibility index (Phi) is 4.50. The molecule has 0 aliphatic carbocycles. The van der Waals surface area contributed by atoms with Crippen LogP contribution >= 0.6 is 11.3 Å². The van der Waals surface area contributed by atoms with Crippen LogP contribution in [0.5, 0.6) is 0 Å². The molecule has 23 heavy (non-hydrogen) atoms. The van der Waals surface area contributed by atoms with Gasteiger partial charge in [0, 0.05) is 43.5 Å². The smallest absolute Gasteiger partial charge is 0.262 e. The lowest BCUT2D eigenvalue weighted by molar-refractivity contribution is -0.134. The Bertz CT molecular complexity index is 795. The van der Waals surface area contributed by atoms with Crippen molar-refractivity contribution in [2.75, 3.05) is 19.6 Å². The van der Waals surface area contributed by atoms with Crippen LogP contribution in [0, 0.1) is 13.8 Å². The number of rotatable bonds is 3. The van der Waals surface area contributed by atoms with E-state index in [0.29, 0.717) is 18.4 Å². The van der Waals surface area contributed by atoms with E-state index in [1.807, 2.05) is 25.7 Å². The van der Waals surface area contributed by atoms with Crippen molar-refractivity contribution < 1.29 is 4.79 Å². The lowest BCUT2D eigenvalue weighted by Crippen LogP contribution is -2.52. The first-order valence-electron chi connectivity index (χ1n) is 7.94. The summed E-state index contributed by atoms with van der Waals surface area (Å²) in [4.78, 5) is 33.2. The normalized spacial score (nSPS) is 18.6. The Morgan fingerprint density at radius 2 is 2.26 bits per heavy atom. The number of aromatic nitrogens is 2. The number of nitrogens with zero attached hydrogens (tertiary/aromatic N) is 3. The van der Waals surface area contributed by atoms with Crippen LogP contribution in [0.3, 0.4) is 0 Å². The van der Waals surface area contributed by atoms with Crippen LogP contribution in [0.4, 0.5) is 0 Å². The second-order valence-corrected chi connectivity index (χ2v) is 7.30. The van der Waals surface area contributed by atoms with Gasteiger partial charge >= 0.3 is 0 Å². The summed E-state index contributed by atoms with van der Waals surface area (Å²) in [6.45, 7) is 8.77. The van der Waals surface area contributed by atoms with Gasteiger partial charge in [0.15, 0.2) is 0 Å². The van der Waals surface area contributed by atoms with E-state index in [1.165, 1.54) is 0 Å². The molecular weight excluding hydrogens is 312 g/mol. The molecule has 6 nitrogen and oxygen atoms in total. The predicted molar refractivity (Wildman–Crippen MR) is 92.0 cm³/mol. The summed E-state index contributed by atoms with van der Waals surface area (Å²) in [7, 11) is 0. The number of aryl methyl sites for hydroxylation is 3. The molecule has 7 heteroatoms. The molecule has 0 aromatic carbocycles. The molecule has 3 rings (SSSR count). The zero-order chi connectivity index (χ0) is 16.6. The van der Waals surface area contributed by atoms with Gasteiger partial charge in [-0.1, -0.05) is 0 Å². The minimum atomic E-state index is -0.0435. The Morgan fingerprint density at radius 3 is 3.00 bits per heavy atom. The van der Waals surface area contributed by atoms with Crippen molar-refractivity contribution >= 4 is 27.5 Å². The van der Waals surface area contributed by atoms with Crippen molar-refractivity contribution in [3.05, 3.63) is 27.1 Å². The molecule has 3 heterocycles. The maximum absolute atomic E-state index is 12.6. The molecule has 1 saturated heterocycles. The van der Waals surface area contributed by atoms with Crippen LogP contribution in [-0.4, -0.2) is 46.0 Å². The first-order chi connectivity index (χ1) is 11.0. The summed E-state index contributed by atoms with van der Waals surface area (Å²) in [5, 5.41) is 3.97. The Labute approximate surface area is 139 Å². The van der Waals surface area contributed by atoms with E-state index in [1.54, 1.807) is 22.2 Å². The second kappa shape index (κ2) is 6.41.